The smallest absolute Gasteiger partial charge is 0.446 e. The van der Waals surface area contributed by atoms with E-state index < -0.39 is 30.1 Å². The van der Waals surface area contributed by atoms with Crippen molar-refractivity contribution in [3.63, 3.8) is 0 Å². The van der Waals surface area contributed by atoms with E-state index in [0.717, 1.165) is 26.4 Å². The number of alkyl halides is 3. The SMILES string of the molecule is [2H]C([2H])(N)C([2H])([2H])c1cc(OC)c(SC(F)(F)F)cc1OC. The maximum absolute atomic E-state index is 12.5. The summed E-state index contributed by atoms with van der Waals surface area (Å²) in [6.07, 6.45) is -2.70. The molecule has 0 fully saturated rings. The highest BCUT2D eigenvalue weighted by Crippen LogP contribution is 2.43. The van der Waals surface area contributed by atoms with Gasteiger partial charge in [-0.1, -0.05) is 0 Å². The van der Waals surface area contributed by atoms with Crippen LogP contribution in [-0.4, -0.2) is 26.2 Å². The number of benzene rings is 1. The van der Waals surface area contributed by atoms with E-state index >= 15 is 0 Å². The zero-order chi connectivity index (χ0) is 17.3. The molecule has 0 unspecified atom stereocenters. The average Bonchev–Trinajstić information content (AvgIpc) is 2.34. The van der Waals surface area contributed by atoms with Gasteiger partial charge in [-0.3, -0.25) is 0 Å². The van der Waals surface area contributed by atoms with Gasteiger partial charge in [0.15, 0.2) is 0 Å². The fourth-order valence-electron chi connectivity index (χ4n) is 1.25. The number of aryl methyl sites for hydroxylation is 1. The molecule has 2 N–H and O–H groups in total. The molecule has 0 saturated carbocycles. The second-order valence-electron chi connectivity index (χ2n) is 3.02. The standard InChI is InChI=1S/C11H14F3NO2S/c1-16-8-6-10(18-11(12,13)14)9(17-2)5-7(8)3-4-15/h5-6H,3-4,15H2,1-2H3/i3D2,4D2. The highest BCUT2D eigenvalue weighted by atomic mass is 32.2. The van der Waals surface area contributed by atoms with Crippen molar-refractivity contribution in [3.8, 4) is 11.5 Å². The minimum Gasteiger partial charge on any atom is -0.496 e. The summed E-state index contributed by atoms with van der Waals surface area (Å²) in [6.45, 7) is -2.77. The van der Waals surface area contributed by atoms with Crippen LogP contribution in [0.2, 0.25) is 0 Å². The van der Waals surface area contributed by atoms with Crippen molar-refractivity contribution < 1.29 is 28.1 Å². The molecule has 7 heteroatoms. The molecular weight excluding hydrogens is 267 g/mol. The molecule has 1 aromatic carbocycles. The first-order valence-electron chi connectivity index (χ1n) is 6.64. The van der Waals surface area contributed by atoms with Gasteiger partial charge in [-0.25, -0.2) is 0 Å². The first-order chi connectivity index (χ1) is 9.83. The fourth-order valence-corrected chi connectivity index (χ4v) is 1.91. The number of methoxy groups -OCH3 is 2. The van der Waals surface area contributed by atoms with Crippen LogP contribution in [0.1, 0.15) is 11.0 Å². The fraction of sp³-hybridized carbons (Fsp3) is 0.455. The minimum absolute atomic E-state index is 0.258. The van der Waals surface area contributed by atoms with Gasteiger partial charge in [-0.15, -0.1) is 0 Å². The van der Waals surface area contributed by atoms with E-state index in [2.05, 4.69) is 0 Å². The first kappa shape index (κ1) is 9.80. The maximum atomic E-state index is 12.5. The molecule has 0 atom stereocenters. The summed E-state index contributed by atoms with van der Waals surface area (Å²) in [5, 5.41) is 0. The van der Waals surface area contributed by atoms with Crippen LogP contribution in [0.3, 0.4) is 0 Å². The van der Waals surface area contributed by atoms with Gasteiger partial charge in [0.25, 0.3) is 0 Å². The molecular formula is C11H14F3NO2S. The summed E-state index contributed by atoms with van der Waals surface area (Å²) >= 11 is -0.444. The van der Waals surface area contributed by atoms with Crippen molar-refractivity contribution >= 4 is 11.8 Å². The molecule has 0 aliphatic rings. The zero-order valence-electron chi connectivity index (χ0n) is 13.6. The van der Waals surface area contributed by atoms with Crippen molar-refractivity contribution in [2.75, 3.05) is 20.7 Å². The second-order valence-corrected chi connectivity index (χ2v) is 4.13. The van der Waals surface area contributed by atoms with Gasteiger partial charge in [0.05, 0.1) is 19.1 Å². The Kier molecular flexibility index (Phi) is 3.37. The highest BCUT2D eigenvalue weighted by molar-refractivity contribution is 8.00. The van der Waals surface area contributed by atoms with E-state index in [4.69, 9.17) is 20.7 Å². The van der Waals surface area contributed by atoms with Gasteiger partial charge < -0.3 is 15.2 Å². The van der Waals surface area contributed by atoms with Crippen molar-refractivity contribution in [2.24, 2.45) is 5.73 Å². The number of thioether (sulfide) groups is 1. The van der Waals surface area contributed by atoms with Crippen molar-refractivity contribution in [2.45, 2.75) is 16.8 Å². The van der Waals surface area contributed by atoms with Gasteiger partial charge in [0.1, 0.15) is 11.5 Å². The van der Waals surface area contributed by atoms with Crippen LogP contribution < -0.4 is 15.2 Å². The Morgan fingerprint density at radius 2 is 1.89 bits per heavy atom. The summed E-state index contributed by atoms with van der Waals surface area (Å²) < 4.78 is 77.6. The summed E-state index contributed by atoms with van der Waals surface area (Å²) in [5.41, 5.74) is 0.267. The van der Waals surface area contributed by atoms with E-state index in [-0.39, 0.29) is 22.0 Å². The Hall–Kier alpha value is -1.08. The van der Waals surface area contributed by atoms with Gasteiger partial charge in [-0.05, 0) is 42.3 Å². The van der Waals surface area contributed by atoms with E-state index in [1.807, 2.05) is 0 Å². The lowest BCUT2D eigenvalue weighted by atomic mass is 10.1. The quantitative estimate of drug-likeness (QED) is 0.845. The third kappa shape index (κ3) is 3.99. The molecule has 0 aliphatic heterocycles. The summed E-state index contributed by atoms with van der Waals surface area (Å²) in [7, 11) is 2.26. The lowest BCUT2D eigenvalue weighted by Gasteiger charge is -2.15. The number of ether oxygens (including phenoxy) is 2. The molecule has 0 aliphatic carbocycles. The molecule has 102 valence electrons. The second kappa shape index (κ2) is 6.19. The molecule has 0 amide bonds. The maximum Gasteiger partial charge on any atom is 0.446 e. The molecule has 1 rings (SSSR count). The van der Waals surface area contributed by atoms with E-state index in [1.165, 1.54) is 0 Å². The number of hydrogen-bond acceptors (Lipinski definition) is 4. The van der Waals surface area contributed by atoms with Crippen molar-refractivity contribution in [3.05, 3.63) is 17.7 Å². The molecule has 0 aromatic heterocycles. The number of halogens is 3. The molecule has 0 saturated heterocycles. The largest absolute Gasteiger partial charge is 0.496 e. The molecule has 0 bridgehead atoms. The van der Waals surface area contributed by atoms with Crippen LogP contribution in [0, 0.1) is 0 Å². The monoisotopic (exact) mass is 285 g/mol. The van der Waals surface area contributed by atoms with Crippen LogP contribution >= 0.6 is 11.8 Å². The Balaban J connectivity index is 3.50. The summed E-state index contributed by atoms with van der Waals surface area (Å²) in [5.74, 6) is -0.516. The van der Waals surface area contributed by atoms with E-state index in [1.54, 1.807) is 0 Å². The molecule has 18 heavy (non-hydrogen) atoms. The van der Waals surface area contributed by atoms with Crippen molar-refractivity contribution in [1.82, 2.24) is 0 Å². The van der Waals surface area contributed by atoms with Gasteiger partial charge in [0.2, 0.25) is 0 Å². The highest BCUT2D eigenvalue weighted by Gasteiger charge is 2.31. The average molecular weight is 285 g/mol. The predicted octanol–water partition coefficient (Wildman–Crippen LogP) is 2.82. The Labute approximate surface area is 113 Å². The lowest BCUT2D eigenvalue weighted by Crippen LogP contribution is -2.06. The molecule has 0 radical (unpaired) electrons. The van der Waals surface area contributed by atoms with Crippen LogP contribution in [0.25, 0.3) is 0 Å². The van der Waals surface area contributed by atoms with Crippen LogP contribution in [-0.2, 0) is 6.37 Å². The number of rotatable bonds is 5. The molecule has 3 nitrogen and oxygen atoms in total. The Morgan fingerprint density at radius 3 is 2.33 bits per heavy atom. The summed E-state index contributed by atoms with van der Waals surface area (Å²) in [6, 6.07) is 1.90. The van der Waals surface area contributed by atoms with Crippen molar-refractivity contribution in [1.29, 1.82) is 0 Å². The van der Waals surface area contributed by atoms with Crippen LogP contribution in [0.4, 0.5) is 13.2 Å². The normalized spacial score (nSPS) is 16.3. The minimum atomic E-state index is -4.57. The Bertz CT molecular complexity index is 549. The molecule has 1 aromatic rings. The third-order valence-corrected chi connectivity index (χ3v) is 2.69. The van der Waals surface area contributed by atoms with Gasteiger partial charge >= 0.3 is 5.51 Å². The van der Waals surface area contributed by atoms with E-state index in [0.29, 0.717) is 0 Å². The van der Waals surface area contributed by atoms with Gasteiger partial charge in [-0.2, -0.15) is 13.2 Å². The number of nitrogens with two attached hydrogens (primary N) is 1. The summed E-state index contributed by atoms with van der Waals surface area (Å²) in [4.78, 5) is -0.330. The Morgan fingerprint density at radius 1 is 1.28 bits per heavy atom. The van der Waals surface area contributed by atoms with Gasteiger partial charge in [0, 0.05) is 5.48 Å². The van der Waals surface area contributed by atoms with Crippen LogP contribution in [0.5, 0.6) is 11.5 Å². The number of hydrogen-bond donors (Lipinski definition) is 1. The zero-order valence-corrected chi connectivity index (χ0v) is 10.4. The molecule has 0 heterocycles. The topological polar surface area (TPSA) is 44.5 Å². The molecule has 0 spiro atoms. The third-order valence-electron chi connectivity index (χ3n) is 1.92. The van der Waals surface area contributed by atoms with E-state index in [9.17, 15) is 13.2 Å². The first-order valence-corrected chi connectivity index (χ1v) is 5.46. The predicted molar refractivity (Wildman–Crippen MR) is 64.2 cm³/mol. The van der Waals surface area contributed by atoms with Crippen LogP contribution in [0.15, 0.2) is 17.0 Å². The lowest BCUT2D eigenvalue weighted by molar-refractivity contribution is -0.0328.